The van der Waals surface area contributed by atoms with Crippen molar-refractivity contribution < 1.29 is 13.9 Å². The lowest BCUT2D eigenvalue weighted by Gasteiger charge is -2.21. The van der Waals surface area contributed by atoms with Crippen LogP contribution in [0.5, 0.6) is 11.5 Å². The van der Waals surface area contributed by atoms with Crippen molar-refractivity contribution in [3.8, 4) is 11.5 Å². The van der Waals surface area contributed by atoms with E-state index in [2.05, 4.69) is 5.32 Å². The molecule has 0 saturated carbocycles. The molecule has 0 saturated heterocycles. The number of hydrogen-bond acceptors (Lipinski definition) is 3. The maximum atomic E-state index is 13.8. The van der Waals surface area contributed by atoms with Crippen molar-refractivity contribution in [1.29, 1.82) is 0 Å². The Labute approximate surface area is 127 Å². The van der Waals surface area contributed by atoms with E-state index in [4.69, 9.17) is 21.1 Å². The van der Waals surface area contributed by atoms with E-state index in [9.17, 15) is 4.39 Å². The lowest BCUT2D eigenvalue weighted by molar-refractivity contribution is 0.171. The van der Waals surface area contributed by atoms with Gasteiger partial charge in [0.1, 0.15) is 19.0 Å². The molecular weight excluding hydrogens is 293 g/mol. The summed E-state index contributed by atoms with van der Waals surface area (Å²) in [6.45, 7) is 3.06. The average Bonchev–Trinajstić information content (AvgIpc) is 2.50. The molecule has 5 heteroatoms. The van der Waals surface area contributed by atoms with Gasteiger partial charge in [-0.25, -0.2) is 4.39 Å². The van der Waals surface area contributed by atoms with Crippen LogP contribution >= 0.6 is 11.6 Å². The van der Waals surface area contributed by atoms with E-state index in [-0.39, 0.29) is 11.9 Å². The van der Waals surface area contributed by atoms with Crippen LogP contribution in [0.15, 0.2) is 36.4 Å². The molecule has 1 atom stereocenters. The summed E-state index contributed by atoms with van der Waals surface area (Å²) in [5.74, 6) is 1.13. The Kier molecular flexibility index (Phi) is 3.88. The molecule has 0 spiro atoms. The first-order chi connectivity index (χ1) is 10.1. The van der Waals surface area contributed by atoms with Crippen molar-refractivity contribution in [2.75, 3.05) is 18.5 Å². The third kappa shape index (κ3) is 3.05. The van der Waals surface area contributed by atoms with Gasteiger partial charge < -0.3 is 14.8 Å². The number of hydrogen-bond donors (Lipinski definition) is 1. The first kappa shape index (κ1) is 14.0. The van der Waals surface area contributed by atoms with Crippen molar-refractivity contribution in [2.45, 2.75) is 13.0 Å². The fourth-order valence-corrected chi connectivity index (χ4v) is 2.43. The molecule has 0 aliphatic carbocycles. The molecule has 3 nitrogen and oxygen atoms in total. The molecule has 0 bridgehead atoms. The SMILES string of the molecule is CC(Nc1cc(Cl)ccc1F)c1ccc2c(c1)OCCO2. The van der Waals surface area contributed by atoms with Crippen LogP contribution in [-0.4, -0.2) is 13.2 Å². The summed E-state index contributed by atoms with van der Waals surface area (Å²) in [7, 11) is 0. The van der Waals surface area contributed by atoms with Crippen molar-refractivity contribution in [2.24, 2.45) is 0 Å². The molecule has 3 rings (SSSR count). The van der Waals surface area contributed by atoms with Gasteiger partial charge >= 0.3 is 0 Å². The number of benzene rings is 2. The summed E-state index contributed by atoms with van der Waals surface area (Å²) in [4.78, 5) is 0. The lowest BCUT2D eigenvalue weighted by atomic mass is 10.1. The molecule has 21 heavy (non-hydrogen) atoms. The Hall–Kier alpha value is -1.94. The molecule has 2 aromatic carbocycles. The van der Waals surface area contributed by atoms with Gasteiger partial charge in [-0.2, -0.15) is 0 Å². The summed E-state index contributed by atoms with van der Waals surface area (Å²) in [5.41, 5.74) is 1.36. The van der Waals surface area contributed by atoms with Crippen LogP contribution in [0.25, 0.3) is 0 Å². The summed E-state index contributed by atoms with van der Waals surface area (Å²) in [6.07, 6.45) is 0. The first-order valence-electron chi connectivity index (χ1n) is 6.74. The second kappa shape index (κ2) is 5.82. The van der Waals surface area contributed by atoms with Crippen LogP contribution in [0.1, 0.15) is 18.5 Å². The van der Waals surface area contributed by atoms with Crippen molar-refractivity contribution in [1.82, 2.24) is 0 Å². The van der Waals surface area contributed by atoms with Crippen molar-refractivity contribution >= 4 is 17.3 Å². The molecule has 1 heterocycles. The first-order valence-corrected chi connectivity index (χ1v) is 7.12. The van der Waals surface area contributed by atoms with E-state index in [1.165, 1.54) is 12.1 Å². The smallest absolute Gasteiger partial charge is 0.161 e. The maximum absolute atomic E-state index is 13.8. The van der Waals surface area contributed by atoms with E-state index in [1.54, 1.807) is 6.07 Å². The highest BCUT2D eigenvalue weighted by Crippen LogP contribution is 2.33. The minimum Gasteiger partial charge on any atom is -0.486 e. The van der Waals surface area contributed by atoms with Crippen LogP contribution in [0.2, 0.25) is 5.02 Å². The second-order valence-electron chi connectivity index (χ2n) is 4.89. The fraction of sp³-hybridized carbons (Fsp3) is 0.250. The number of anilines is 1. The van der Waals surface area contributed by atoms with Gasteiger partial charge in [-0.15, -0.1) is 0 Å². The third-order valence-electron chi connectivity index (χ3n) is 3.37. The Bertz CT molecular complexity index is 663. The van der Waals surface area contributed by atoms with Crippen LogP contribution in [0.3, 0.4) is 0 Å². The van der Waals surface area contributed by atoms with Crippen molar-refractivity contribution in [3.63, 3.8) is 0 Å². The molecule has 110 valence electrons. The highest BCUT2D eigenvalue weighted by atomic mass is 35.5. The van der Waals surface area contributed by atoms with Crippen molar-refractivity contribution in [3.05, 3.63) is 52.8 Å². The molecule has 1 aliphatic heterocycles. The average molecular weight is 308 g/mol. The zero-order chi connectivity index (χ0) is 14.8. The normalized spacial score (nSPS) is 14.6. The standard InChI is InChI=1S/C16H15ClFNO2/c1-10(19-14-9-12(17)3-4-13(14)18)11-2-5-15-16(8-11)21-7-6-20-15/h2-5,8-10,19H,6-7H2,1H3. The van der Waals surface area contributed by atoms with Gasteiger partial charge in [0.05, 0.1) is 5.69 Å². The maximum Gasteiger partial charge on any atom is 0.161 e. The number of rotatable bonds is 3. The molecule has 0 radical (unpaired) electrons. The molecule has 1 aliphatic rings. The Morgan fingerprint density at radius 3 is 2.67 bits per heavy atom. The Morgan fingerprint density at radius 1 is 1.10 bits per heavy atom. The fourth-order valence-electron chi connectivity index (χ4n) is 2.25. The monoisotopic (exact) mass is 307 g/mol. The van der Waals surface area contributed by atoms with Gasteiger partial charge in [-0.3, -0.25) is 0 Å². The molecule has 2 aromatic rings. The molecule has 0 aromatic heterocycles. The molecule has 1 unspecified atom stereocenters. The van der Waals surface area contributed by atoms with Crippen LogP contribution < -0.4 is 14.8 Å². The number of ether oxygens (including phenoxy) is 2. The number of nitrogens with one attached hydrogen (secondary N) is 1. The Morgan fingerprint density at radius 2 is 1.86 bits per heavy atom. The number of fused-ring (bicyclic) bond motifs is 1. The largest absolute Gasteiger partial charge is 0.486 e. The van der Waals surface area contributed by atoms with Gasteiger partial charge in [-0.1, -0.05) is 17.7 Å². The highest BCUT2D eigenvalue weighted by molar-refractivity contribution is 6.30. The Balaban J connectivity index is 1.82. The van der Waals surface area contributed by atoms with Crippen LogP contribution in [0, 0.1) is 5.82 Å². The van der Waals surface area contributed by atoms with Gasteiger partial charge in [0.2, 0.25) is 0 Å². The van der Waals surface area contributed by atoms with Gasteiger partial charge in [0.15, 0.2) is 11.5 Å². The summed E-state index contributed by atoms with van der Waals surface area (Å²) in [5, 5.41) is 3.61. The third-order valence-corrected chi connectivity index (χ3v) is 3.60. The van der Waals surface area contributed by atoms with E-state index in [0.717, 1.165) is 17.1 Å². The van der Waals surface area contributed by atoms with Gasteiger partial charge in [-0.05, 0) is 42.8 Å². The van der Waals surface area contributed by atoms with Gasteiger partial charge in [0.25, 0.3) is 0 Å². The molecule has 1 N–H and O–H groups in total. The summed E-state index contributed by atoms with van der Waals surface area (Å²) in [6, 6.07) is 10.1. The lowest BCUT2D eigenvalue weighted by Crippen LogP contribution is -2.16. The molecule has 0 amide bonds. The zero-order valence-corrected chi connectivity index (χ0v) is 12.3. The van der Waals surface area contributed by atoms with Crippen LogP contribution in [0.4, 0.5) is 10.1 Å². The quantitative estimate of drug-likeness (QED) is 0.910. The summed E-state index contributed by atoms with van der Waals surface area (Å²) < 4.78 is 24.8. The predicted molar refractivity (Wildman–Crippen MR) is 80.9 cm³/mol. The molecule has 0 fully saturated rings. The summed E-state index contributed by atoms with van der Waals surface area (Å²) >= 11 is 5.90. The number of halogens is 2. The predicted octanol–water partition coefficient (Wildman–Crippen LogP) is 4.42. The minimum atomic E-state index is -0.330. The zero-order valence-electron chi connectivity index (χ0n) is 11.5. The topological polar surface area (TPSA) is 30.5 Å². The van der Waals surface area contributed by atoms with E-state index in [1.807, 2.05) is 25.1 Å². The molecular formula is C16H15ClFNO2. The minimum absolute atomic E-state index is 0.0891. The highest BCUT2D eigenvalue weighted by Gasteiger charge is 2.15. The van der Waals surface area contributed by atoms with E-state index in [0.29, 0.717) is 23.9 Å². The second-order valence-corrected chi connectivity index (χ2v) is 5.33. The van der Waals surface area contributed by atoms with Gasteiger partial charge in [0, 0.05) is 11.1 Å². The van der Waals surface area contributed by atoms with Crippen LogP contribution in [-0.2, 0) is 0 Å². The van der Waals surface area contributed by atoms with E-state index < -0.39 is 0 Å². The van der Waals surface area contributed by atoms with E-state index >= 15 is 0 Å².